The second kappa shape index (κ2) is 4.83. The van der Waals surface area contributed by atoms with Crippen LogP contribution in [0.15, 0.2) is 18.2 Å². The van der Waals surface area contributed by atoms with Gasteiger partial charge in [0.15, 0.2) is 0 Å². The number of hydrogen-bond donors (Lipinski definition) is 0. The molecule has 15 heavy (non-hydrogen) atoms. The van der Waals surface area contributed by atoms with Crippen LogP contribution in [0.3, 0.4) is 0 Å². The lowest BCUT2D eigenvalue weighted by atomic mass is 9.77. The van der Waals surface area contributed by atoms with Crippen LogP contribution in [0.4, 0.5) is 0 Å². The van der Waals surface area contributed by atoms with Crippen molar-refractivity contribution in [3.05, 3.63) is 34.9 Å². The summed E-state index contributed by atoms with van der Waals surface area (Å²) in [6.07, 6.45) is 0. The van der Waals surface area contributed by atoms with E-state index in [2.05, 4.69) is 59.7 Å². The fourth-order valence-electron chi connectivity index (χ4n) is 2.79. The van der Waals surface area contributed by atoms with Crippen molar-refractivity contribution < 1.29 is 0 Å². The summed E-state index contributed by atoms with van der Waals surface area (Å²) in [6.45, 7) is 13.8. The van der Waals surface area contributed by atoms with E-state index in [1.807, 2.05) is 0 Å². The first-order valence-corrected chi connectivity index (χ1v) is 6.01. The van der Waals surface area contributed by atoms with Gasteiger partial charge < -0.3 is 0 Å². The highest BCUT2D eigenvalue weighted by molar-refractivity contribution is 5.37. The molecular formula is C15H24. The third kappa shape index (κ3) is 2.62. The van der Waals surface area contributed by atoms with Crippen LogP contribution >= 0.6 is 0 Å². The standard InChI is InChI=1S/C15H24/c1-10(2)14(11(3)4)15-12(5)8-7-9-13(15)6/h7-11,14H,1-6H3. The van der Waals surface area contributed by atoms with E-state index in [9.17, 15) is 0 Å². The van der Waals surface area contributed by atoms with Crippen molar-refractivity contribution >= 4 is 0 Å². The fourth-order valence-corrected chi connectivity index (χ4v) is 2.79. The SMILES string of the molecule is Cc1cccc(C)c1C(C(C)C)C(C)C. The van der Waals surface area contributed by atoms with Gasteiger partial charge in [-0.1, -0.05) is 45.9 Å². The van der Waals surface area contributed by atoms with Crippen molar-refractivity contribution in [3.63, 3.8) is 0 Å². The topological polar surface area (TPSA) is 0 Å². The van der Waals surface area contributed by atoms with Crippen LogP contribution in [-0.4, -0.2) is 0 Å². The van der Waals surface area contributed by atoms with Crippen molar-refractivity contribution in [2.24, 2.45) is 11.8 Å². The molecule has 0 atom stereocenters. The lowest BCUT2D eigenvalue weighted by molar-refractivity contribution is 0.385. The molecule has 0 aliphatic heterocycles. The molecule has 1 aromatic rings. The van der Waals surface area contributed by atoms with Crippen molar-refractivity contribution in [2.45, 2.75) is 47.5 Å². The molecule has 0 aliphatic carbocycles. The molecule has 0 nitrogen and oxygen atoms in total. The molecule has 0 aromatic heterocycles. The summed E-state index contributed by atoms with van der Waals surface area (Å²) in [5.41, 5.74) is 4.47. The predicted octanol–water partition coefficient (Wildman–Crippen LogP) is 4.70. The molecular weight excluding hydrogens is 180 g/mol. The van der Waals surface area contributed by atoms with E-state index >= 15 is 0 Å². The minimum absolute atomic E-state index is 0.686. The highest BCUT2D eigenvalue weighted by Gasteiger charge is 2.22. The number of hydrogen-bond acceptors (Lipinski definition) is 0. The summed E-state index contributed by atoms with van der Waals surface area (Å²) in [4.78, 5) is 0. The van der Waals surface area contributed by atoms with Crippen LogP contribution in [0.5, 0.6) is 0 Å². The Bertz CT molecular complexity index is 293. The molecule has 0 saturated heterocycles. The minimum atomic E-state index is 0.686. The van der Waals surface area contributed by atoms with Gasteiger partial charge in [-0.25, -0.2) is 0 Å². The number of benzene rings is 1. The Morgan fingerprint density at radius 1 is 0.800 bits per heavy atom. The van der Waals surface area contributed by atoms with Gasteiger partial charge in [-0.05, 0) is 48.3 Å². The van der Waals surface area contributed by atoms with Crippen LogP contribution in [-0.2, 0) is 0 Å². The quantitative estimate of drug-likeness (QED) is 0.669. The Kier molecular flexibility index (Phi) is 3.96. The molecule has 0 unspecified atom stereocenters. The largest absolute Gasteiger partial charge is 0.0622 e. The summed E-state index contributed by atoms with van der Waals surface area (Å²) in [5.74, 6) is 2.11. The van der Waals surface area contributed by atoms with E-state index < -0.39 is 0 Å². The van der Waals surface area contributed by atoms with E-state index in [0.717, 1.165) is 0 Å². The van der Waals surface area contributed by atoms with Crippen LogP contribution in [0.1, 0.15) is 50.3 Å². The Labute approximate surface area is 94.7 Å². The lowest BCUT2D eigenvalue weighted by Crippen LogP contribution is -2.16. The van der Waals surface area contributed by atoms with Gasteiger partial charge in [0, 0.05) is 0 Å². The molecule has 0 N–H and O–H groups in total. The first-order chi connectivity index (χ1) is 6.95. The number of aryl methyl sites for hydroxylation is 2. The normalized spacial score (nSPS) is 11.8. The van der Waals surface area contributed by atoms with Crippen molar-refractivity contribution in [1.82, 2.24) is 0 Å². The molecule has 0 spiro atoms. The Hall–Kier alpha value is -0.780. The third-order valence-electron chi connectivity index (χ3n) is 3.31. The Balaban J connectivity index is 3.22. The van der Waals surface area contributed by atoms with Crippen LogP contribution in [0.25, 0.3) is 0 Å². The highest BCUT2D eigenvalue weighted by atomic mass is 14.3. The lowest BCUT2D eigenvalue weighted by Gasteiger charge is -2.28. The van der Waals surface area contributed by atoms with Crippen LogP contribution in [0, 0.1) is 25.7 Å². The molecule has 1 rings (SSSR count). The molecule has 0 amide bonds. The maximum atomic E-state index is 2.33. The second-order valence-corrected chi connectivity index (χ2v) is 5.32. The summed E-state index contributed by atoms with van der Waals surface area (Å²) >= 11 is 0. The van der Waals surface area contributed by atoms with Crippen molar-refractivity contribution in [2.75, 3.05) is 0 Å². The fraction of sp³-hybridized carbons (Fsp3) is 0.600. The average molecular weight is 204 g/mol. The average Bonchev–Trinajstić information content (AvgIpc) is 2.09. The smallest absolute Gasteiger partial charge is 0.0111 e. The second-order valence-electron chi connectivity index (χ2n) is 5.32. The van der Waals surface area contributed by atoms with E-state index in [1.165, 1.54) is 11.1 Å². The molecule has 1 aromatic carbocycles. The van der Waals surface area contributed by atoms with Crippen molar-refractivity contribution in [3.8, 4) is 0 Å². The monoisotopic (exact) mass is 204 g/mol. The van der Waals surface area contributed by atoms with E-state index in [-0.39, 0.29) is 0 Å². The Morgan fingerprint density at radius 3 is 1.53 bits per heavy atom. The van der Waals surface area contributed by atoms with Crippen molar-refractivity contribution in [1.29, 1.82) is 0 Å². The Morgan fingerprint density at radius 2 is 1.20 bits per heavy atom. The molecule has 0 radical (unpaired) electrons. The van der Waals surface area contributed by atoms with Gasteiger partial charge in [0.2, 0.25) is 0 Å². The van der Waals surface area contributed by atoms with Gasteiger partial charge >= 0.3 is 0 Å². The van der Waals surface area contributed by atoms with Gasteiger partial charge in [-0.3, -0.25) is 0 Å². The first kappa shape index (κ1) is 12.3. The van der Waals surface area contributed by atoms with Gasteiger partial charge in [0.05, 0.1) is 0 Å². The summed E-state index contributed by atoms with van der Waals surface area (Å²) in [5, 5.41) is 0. The van der Waals surface area contributed by atoms with Gasteiger partial charge in [-0.15, -0.1) is 0 Å². The zero-order valence-corrected chi connectivity index (χ0v) is 11.0. The van der Waals surface area contributed by atoms with Gasteiger partial charge in [0.1, 0.15) is 0 Å². The molecule has 0 heteroatoms. The maximum Gasteiger partial charge on any atom is -0.0111 e. The predicted molar refractivity (Wildman–Crippen MR) is 68.3 cm³/mol. The maximum absolute atomic E-state index is 2.33. The summed E-state index contributed by atoms with van der Waals surface area (Å²) in [7, 11) is 0. The molecule has 0 saturated carbocycles. The van der Waals surface area contributed by atoms with Crippen LogP contribution < -0.4 is 0 Å². The van der Waals surface area contributed by atoms with Gasteiger partial charge in [0.25, 0.3) is 0 Å². The molecule has 0 heterocycles. The molecule has 0 bridgehead atoms. The van der Waals surface area contributed by atoms with E-state index in [4.69, 9.17) is 0 Å². The molecule has 0 fully saturated rings. The minimum Gasteiger partial charge on any atom is -0.0622 e. The highest BCUT2D eigenvalue weighted by Crippen LogP contribution is 2.35. The first-order valence-electron chi connectivity index (χ1n) is 6.01. The zero-order valence-electron chi connectivity index (χ0n) is 11.0. The van der Waals surface area contributed by atoms with E-state index in [0.29, 0.717) is 17.8 Å². The van der Waals surface area contributed by atoms with Gasteiger partial charge in [-0.2, -0.15) is 0 Å². The molecule has 84 valence electrons. The van der Waals surface area contributed by atoms with E-state index in [1.54, 1.807) is 5.56 Å². The third-order valence-corrected chi connectivity index (χ3v) is 3.31. The zero-order chi connectivity index (χ0) is 11.6. The molecule has 0 aliphatic rings. The summed E-state index contributed by atoms with van der Waals surface area (Å²) < 4.78 is 0. The summed E-state index contributed by atoms with van der Waals surface area (Å²) in [6, 6.07) is 6.63. The number of rotatable bonds is 3. The van der Waals surface area contributed by atoms with Crippen LogP contribution in [0.2, 0.25) is 0 Å².